The van der Waals surface area contributed by atoms with Crippen LogP contribution in [0, 0.1) is 3.57 Å². The minimum atomic E-state index is -0.540. The smallest absolute Gasteiger partial charge is 0.294 e. The molecule has 1 heterocycles. The second-order valence-corrected chi connectivity index (χ2v) is 11.4. The van der Waals surface area contributed by atoms with E-state index in [1.807, 2.05) is 43.3 Å². The van der Waals surface area contributed by atoms with E-state index in [4.69, 9.17) is 21.1 Å². The number of hydrogen-bond donors (Lipinski definition) is 1. The highest BCUT2D eigenvalue weighted by atomic mass is 127. The molecule has 1 fully saturated rings. The molecule has 11 heteroatoms. The number of thioether (sulfide) groups is 1. The summed E-state index contributed by atoms with van der Waals surface area (Å²) in [6.45, 7) is 2.27. The number of amides is 3. The minimum absolute atomic E-state index is 0.214. The topological polar surface area (TPSA) is 84.9 Å². The third-order valence-corrected chi connectivity index (χ3v) is 8.18. The summed E-state index contributed by atoms with van der Waals surface area (Å²) in [6, 6.07) is 18.3. The van der Waals surface area contributed by atoms with E-state index in [0.29, 0.717) is 45.5 Å². The van der Waals surface area contributed by atoms with E-state index in [-0.39, 0.29) is 4.91 Å². The van der Waals surface area contributed by atoms with Gasteiger partial charge in [0.25, 0.3) is 11.1 Å². The standard InChI is InChI=1S/C27H21BrClIN2O5S/c1-2-36-22-11-17(10-21(30)25(22)37-15-16-6-4-3-5-7-16)12-23-26(34)32(27(35)38-23)14-24(33)31-18-8-9-19(28)20(29)13-18/h3-13H,2,14-15H2,1H3,(H,31,33)/b23-12+. The van der Waals surface area contributed by atoms with Crippen molar-refractivity contribution in [1.82, 2.24) is 4.90 Å². The molecule has 0 unspecified atom stereocenters. The molecule has 196 valence electrons. The lowest BCUT2D eigenvalue weighted by molar-refractivity contribution is -0.127. The van der Waals surface area contributed by atoms with Crippen molar-refractivity contribution in [2.24, 2.45) is 0 Å². The fourth-order valence-corrected chi connectivity index (χ4v) is 5.56. The molecule has 1 aliphatic rings. The van der Waals surface area contributed by atoms with Crippen LogP contribution < -0.4 is 14.8 Å². The Morgan fingerprint density at radius 3 is 2.61 bits per heavy atom. The van der Waals surface area contributed by atoms with Crippen molar-refractivity contribution in [3.63, 3.8) is 0 Å². The molecule has 0 aromatic heterocycles. The van der Waals surface area contributed by atoms with Crippen LogP contribution in [0.5, 0.6) is 11.5 Å². The van der Waals surface area contributed by atoms with Crippen LogP contribution in [-0.4, -0.2) is 35.1 Å². The molecule has 3 aromatic rings. The molecule has 3 aromatic carbocycles. The lowest BCUT2D eigenvalue weighted by Crippen LogP contribution is -2.36. The first-order valence-corrected chi connectivity index (χ1v) is 14.4. The van der Waals surface area contributed by atoms with Gasteiger partial charge < -0.3 is 14.8 Å². The lowest BCUT2D eigenvalue weighted by atomic mass is 10.1. The predicted molar refractivity (Wildman–Crippen MR) is 162 cm³/mol. The van der Waals surface area contributed by atoms with Crippen LogP contribution in [-0.2, 0) is 16.2 Å². The molecule has 7 nitrogen and oxygen atoms in total. The third-order valence-electron chi connectivity index (χ3n) is 5.23. The monoisotopic (exact) mass is 726 g/mol. The quantitative estimate of drug-likeness (QED) is 0.183. The van der Waals surface area contributed by atoms with Gasteiger partial charge in [0.15, 0.2) is 11.5 Å². The number of nitrogens with one attached hydrogen (secondary N) is 1. The second-order valence-electron chi connectivity index (χ2n) is 7.98. The van der Waals surface area contributed by atoms with Gasteiger partial charge in [-0.2, -0.15) is 0 Å². The average molecular weight is 728 g/mol. The van der Waals surface area contributed by atoms with Crippen molar-refractivity contribution >= 4 is 90.7 Å². The van der Waals surface area contributed by atoms with Gasteiger partial charge in [0.1, 0.15) is 13.2 Å². The van der Waals surface area contributed by atoms with Crippen LogP contribution in [0.3, 0.4) is 0 Å². The summed E-state index contributed by atoms with van der Waals surface area (Å²) in [5.41, 5.74) is 2.15. The maximum atomic E-state index is 13.0. The zero-order valence-electron chi connectivity index (χ0n) is 20.0. The first-order chi connectivity index (χ1) is 18.2. The summed E-state index contributed by atoms with van der Waals surface area (Å²) >= 11 is 12.3. The Morgan fingerprint density at radius 1 is 1.13 bits per heavy atom. The summed E-state index contributed by atoms with van der Waals surface area (Å²) < 4.78 is 13.3. The molecule has 4 rings (SSSR count). The van der Waals surface area contributed by atoms with Crippen molar-refractivity contribution in [2.75, 3.05) is 18.5 Å². The Bertz CT molecular complexity index is 1420. The van der Waals surface area contributed by atoms with E-state index in [9.17, 15) is 14.4 Å². The SMILES string of the molecule is CCOc1cc(/C=C2/SC(=O)N(CC(=O)Nc3ccc(Br)c(Cl)c3)C2=O)cc(I)c1OCc1ccccc1. The molecule has 0 saturated carbocycles. The number of anilines is 1. The van der Waals surface area contributed by atoms with Crippen molar-refractivity contribution in [3.8, 4) is 11.5 Å². The van der Waals surface area contributed by atoms with Gasteiger partial charge in [0, 0.05) is 10.2 Å². The molecular weight excluding hydrogens is 707 g/mol. The normalized spacial score (nSPS) is 14.2. The van der Waals surface area contributed by atoms with Crippen molar-refractivity contribution in [3.05, 3.63) is 89.8 Å². The van der Waals surface area contributed by atoms with Gasteiger partial charge in [0.05, 0.1) is 20.1 Å². The number of ether oxygens (including phenoxy) is 2. The van der Waals surface area contributed by atoms with Crippen LogP contribution in [0.4, 0.5) is 10.5 Å². The highest BCUT2D eigenvalue weighted by Gasteiger charge is 2.36. The second kappa shape index (κ2) is 13.0. The van der Waals surface area contributed by atoms with E-state index < -0.39 is 23.6 Å². The van der Waals surface area contributed by atoms with E-state index in [1.165, 1.54) is 0 Å². The summed E-state index contributed by atoms with van der Waals surface area (Å²) in [5.74, 6) is 0.0843. The van der Waals surface area contributed by atoms with Crippen molar-refractivity contribution < 1.29 is 23.9 Å². The number of imide groups is 1. The molecular formula is C27H21BrClIN2O5S. The van der Waals surface area contributed by atoms with Gasteiger partial charge >= 0.3 is 0 Å². The number of rotatable bonds is 9. The molecule has 0 atom stereocenters. The van der Waals surface area contributed by atoms with Gasteiger partial charge in [-0.05, 0) is 105 Å². The van der Waals surface area contributed by atoms with E-state index in [2.05, 4.69) is 43.8 Å². The number of nitrogens with zero attached hydrogens (tertiary/aromatic N) is 1. The molecule has 1 N–H and O–H groups in total. The van der Waals surface area contributed by atoms with Gasteiger partial charge in [0.2, 0.25) is 5.91 Å². The minimum Gasteiger partial charge on any atom is -0.490 e. The zero-order chi connectivity index (χ0) is 27.2. The van der Waals surface area contributed by atoms with E-state index >= 15 is 0 Å². The first-order valence-electron chi connectivity index (χ1n) is 11.4. The number of benzene rings is 3. The van der Waals surface area contributed by atoms with Gasteiger partial charge in [-0.15, -0.1) is 0 Å². The summed E-state index contributed by atoms with van der Waals surface area (Å²) in [4.78, 5) is 39.2. The molecule has 0 bridgehead atoms. The van der Waals surface area contributed by atoms with E-state index in [1.54, 1.807) is 30.3 Å². The van der Waals surface area contributed by atoms with Gasteiger partial charge in [-0.1, -0.05) is 41.9 Å². The number of carbonyl (C=O) groups excluding carboxylic acids is 3. The van der Waals surface area contributed by atoms with Crippen LogP contribution >= 0.6 is 61.9 Å². The molecule has 0 spiro atoms. The molecule has 1 aliphatic heterocycles. The highest BCUT2D eigenvalue weighted by molar-refractivity contribution is 14.1. The molecule has 1 saturated heterocycles. The lowest BCUT2D eigenvalue weighted by Gasteiger charge is -2.15. The molecule has 38 heavy (non-hydrogen) atoms. The van der Waals surface area contributed by atoms with Crippen molar-refractivity contribution in [1.29, 1.82) is 0 Å². The largest absolute Gasteiger partial charge is 0.490 e. The first kappa shape index (κ1) is 28.5. The summed E-state index contributed by atoms with van der Waals surface area (Å²) in [6.07, 6.45) is 1.61. The zero-order valence-corrected chi connectivity index (χ0v) is 25.3. The summed E-state index contributed by atoms with van der Waals surface area (Å²) in [7, 11) is 0. The Hall–Kier alpha value is -2.54. The number of halogens is 3. The van der Waals surface area contributed by atoms with Crippen LogP contribution in [0.15, 0.2) is 70.0 Å². The Kier molecular flexibility index (Phi) is 9.74. The summed E-state index contributed by atoms with van der Waals surface area (Å²) in [5, 5.41) is 2.56. The van der Waals surface area contributed by atoms with Crippen LogP contribution in [0.25, 0.3) is 6.08 Å². The van der Waals surface area contributed by atoms with E-state index in [0.717, 1.165) is 25.8 Å². The van der Waals surface area contributed by atoms with Gasteiger partial charge in [-0.3, -0.25) is 19.3 Å². The fourth-order valence-electron chi connectivity index (χ4n) is 3.51. The van der Waals surface area contributed by atoms with Crippen molar-refractivity contribution in [2.45, 2.75) is 13.5 Å². The average Bonchev–Trinajstić information content (AvgIpc) is 3.13. The Morgan fingerprint density at radius 2 is 1.89 bits per heavy atom. The maximum absolute atomic E-state index is 13.0. The highest BCUT2D eigenvalue weighted by Crippen LogP contribution is 2.38. The Balaban J connectivity index is 1.48. The fraction of sp³-hybridized carbons (Fsp3) is 0.148. The van der Waals surface area contributed by atoms with Crippen LogP contribution in [0.1, 0.15) is 18.1 Å². The Labute approximate surface area is 251 Å². The van der Waals surface area contributed by atoms with Gasteiger partial charge in [-0.25, -0.2) is 0 Å². The van der Waals surface area contributed by atoms with Crippen LogP contribution in [0.2, 0.25) is 5.02 Å². The number of hydrogen-bond acceptors (Lipinski definition) is 6. The molecule has 0 radical (unpaired) electrons. The maximum Gasteiger partial charge on any atom is 0.294 e. The third kappa shape index (κ3) is 7.10. The predicted octanol–water partition coefficient (Wildman–Crippen LogP) is 7.36. The molecule has 3 amide bonds. The number of carbonyl (C=O) groups is 3. The molecule has 0 aliphatic carbocycles.